The zero-order valence-corrected chi connectivity index (χ0v) is 17.9. The Kier molecular flexibility index (Phi) is 6.59. The molecule has 0 saturated heterocycles. The number of imidazole rings is 1. The van der Waals surface area contributed by atoms with Crippen LogP contribution in [0.15, 0.2) is 72.8 Å². The monoisotopic (exact) mass is 433 g/mol. The van der Waals surface area contributed by atoms with E-state index < -0.39 is 6.04 Å². The third kappa shape index (κ3) is 4.85. The van der Waals surface area contributed by atoms with Gasteiger partial charge in [-0.3, -0.25) is 4.79 Å². The Morgan fingerprint density at radius 2 is 1.56 bits per heavy atom. The smallest absolute Gasteiger partial charge is 0.243 e. The van der Waals surface area contributed by atoms with Gasteiger partial charge in [0.05, 0.1) is 11.0 Å². The Labute approximate surface area is 185 Å². The molecule has 1 atom stereocenters. The molecule has 0 unspecified atom stereocenters. The molecule has 4 nitrogen and oxygen atoms in total. The van der Waals surface area contributed by atoms with Crippen molar-refractivity contribution in [1.82, 2.24) is 14.9 Å². The molecular formula is C26H25F2N3O. The number of amides is 1. The van der Waals surface area contributed by atoms with Crippen LogP contribution in [0.5, 0.6) is 0 Å². The maximum atomic E-state index is 13.4. The second-order valence-corrected chi connectivity index (χ2v) is 7.84. The average Bonchev–Trinajstić information content (AvgIpc) is 3.16. The highest BCUT2D eigenvalue weighted by atomic mass is 19.1. The average molecular weight is 434 g/mol. The molecule has 0 bridgehead atoms. The van der Waals surface area contributed by atoms with Gasteiger partial charge >= 0.3 is 0 Å². The third-order valence-corrected chi connectivity index (χ3v) is 5.50. The molecule has 32 heavy (non-hydrogen) atoms. The van der Waals surface area contributed by atoms with Crippen molar-refractivity contribution in [2.45, 2.75) is 38.8 Å². The molecule has 0 aliphatic heterocycles. The normalized spacial score (nSPS) is 12.1. The molecule has 4 rings (SSSR count). The van der Waals surface area contributed by atoms with Crippen LogP contribution < -0.4 is 5.32 Å². The molecular weight excluding hydrogens is 408 g/mol. The summed E-state index contributed by atoms with van der Waals surface area (Å²) in [5.41, 5.74) is 3.46. The lowest BCUT2D eigenvalue weighted by Gasteiger charge is -2.21. The van der Waals surface area contributed by atoms with Crippen LogP contribution in [0, 0.1) is 11.6 Å². The van der Waals surface area contributed by atoms with Gasteiger partial charge in [-0.05, 0) is 53.9 Å². The predicted molar refractivity (Wildman–Crippen MR) is 121 cm³/mol. The third-order valence-electron chi connectivity index (χ3n) is 5.50. The summed E-state index contributed by atoms with van der Waals surface area (Å²) >= 11 is 0. The molecule has 1 aromatic heterocycles. The van der Waals surface area contributed by atoms with Gasteiger partial charge in [0, 0.05) is 13.0 Å². The number of carbonyl (C=O) groups is 1. The molecule has 4 aromatic rings. The number of hydrogen-bond acceptors (Lipinski definition) is 2. The van der Waals surface area contributed by atoms with Crippen molar-refractivity contribution >= 4 is 16.9 Å². The fraction of sp³-hybridized carbons (Fsp3) is 0.231. The number of halogens is 2. The van der Waals surface area contributed by atoms with E-state index in [2.05, 4.69) is 5.32 Å². The Balaban J connectivity index is 1.66. The van der Waals surface area contributed by atoms with Gasteiger partial charge in [0.2, 0.25) is 5.91 Å². The van der Waals surface area contributed by atoms with Crippen LogP contribution in [0.3, 0.4) is 0 Å². The molecule has 0 aliphatic rings. The van der Waals surface area contributed by atoms with Crippen LogP contribution in [0.25, 0.3) is 11.0 Å². The van der Waals surface area contributed by atoms with E-state index in [1.54, 1.807) is 24.3 Å². The first-order valence-corrected chi connectivity index (χ1v) is 10.8. The molecule has 164 valence electrons. The van der Waals surface area contributed by atoms with Crippen molar-refractivity contribution in [3.8, 4) is 0 Å². The first kappa shape index (κ1) is 21.7. The van der Waals surface area contributed by atoms with E-state index in [1.807, 2.05) is 35.8 Å². The summed E-state index contributed by atoms with van der Waals surface area (Å²) in [6, 6.07) is 19.7. The van der Waals surface area contributed by atoms with Gasteiger partial charge in [-0.15, -0.1) is 0 Å². The minimum absolute atomic E-state index is 0.111. The van der Waals surface area contributed by atoms with Crippen LogP contribution >= 0.6 is 0 Å². The minimum atomic E-state index is -0.441. The number of para-hydroxylation sites is 2. The summed E-state index contributed by atoms with van der Waals surface area (Å²) < 4.78 is 28.5. The maximum Gasteiger partial charge on any atom is 0.243 e. The van der Waals surface area contributed by atoms with Gasteiger partial charge in [0.25, 0.3) is 0 Å². The van der Waals surface area contributed by atoms with Gasteiger partial charge in [-0.25, -0.2) is 13.8 Å². The van der Waals surface area contributed by atoms with Crippen LogP contribution in [0.2, 0.25) is 0 Å². The lowest BCUT2D eigenvalue weighted by Crippen LogP contribution is -2.33. The zero-order chi connectivity index (χ0) is 22.5. The first-order valence-electron chi connectivity index (χ1n) is 10.8. The number of nitrogens with zero attached hydrogens (tertiary/aromatic N) is 2. The Bertz CT molecular complexity index is 1200. The predicted octanol–water partition coefficient (Wildman–Crippen LogP) is 5.56. The highest BCUT2D eigenvalue weighted by Crippen LogP contribution is 2.26. The van der Waals surface area contributed by atoms with Crippen LogP contribution in [-0.4, -0.2) is 15.5 Å². The first-order chi connectivity index (χ1) is 15.5. The van der Waals surface area contributed by atoms with Gasteiger partial charge < -0.3 is 9.88 Å². The van der Waals surface area contributed by atoms with Crippen LogP contribution in [0.4, 0.5) is 8.78 Å². The Morgan fingerprint density at radius 1 is 0.938 bits per heavy atom. The van der Waals surface area contributed by atoms with Crippen LogP contribution in [-0.2, 0) is 17.8 Å². The van der Waals surface area contributed by atoms with Gasteiger partial charge in [-0.2, -0.15) is 0 Å². The summed E-state index contributed by atoms with van der Waals surface area (Å²) in [5, 5.41) is 3.00. The molecule has 1 amide bonds. The number of carbonyl (C=O) groups excluding carboxylic acids is 1. The highest BCUT2D eigenvalue weighted by Gasteiger charge is 2.25. The van der Waals surface area contributed by atoms with Crippen molar-refractivity contribution in [3.05, 3.63) is 101 Å². The number of hydrogen-bond donors (Lipinski definition) is 1. The lowest BCUT2D eigenvalue weighted by molar-refractivity contribution is -0.124. The van der Waals surface area contributed by atoms with Crippen LogP contribution in [0.1, 0.15) is 42.8 Å². The SMILES string of the molecule is CCC[C@@H](C(=O)NCc1ccc(F)cc1)n1c(Cc2ccc(F)cc2)nc2ccccc21. The van der Waals surface area contributed by atoms with Gasteiger partial charge in [0.1, 0.15) is 23.5 Å². The van der Waals surface area contributed by atoms with E-state index in [4.69, 9.17) is 4.98 Å². The molecule has 1 heterocycles. The number of fused-ring (bicyclic) bond motifs is 1. The second-order valence-electron chi connectivity index (χ2n) is 7.84. The molecule has 6 heteroatoms. The van der Waals surface area contributed by atoms with E-state index >= 15 is 0 Å². The van der Waals surface area contributed by atoms with Gasteiger partial charge in [0.15, 0.2) is 0 Å². The standard InChI is InChI=1S/C26H25F2N3O/c1-2-5-24(26(32)29-17-19-10-14-21(28)15-11-19)31-23-7-4-3-6-22(23)30-25(31)16-18-8-12-20(27)13-9-18/h3-4,6-15,24H,2,5,16-17H2,1H3,(H,29,32)/t24-/m0/s1. The van der Waals surface area contributed by atoms with Crippen molar-refractivity contribution < 1.29 is 13.6 Å². The molecule has 0 aliphatic carbocycles. The lowest BCUT2D eigenvalue weighted by atomic mass is 10.1. The summed E-state index contributed by atoms with van der Waals surface area (Å²) in [5.74, 6) is 0.0541. The van der Waals surface area contributed by atoms with E-state index in [0.717, 1.165) is 34.4 Å². The van der Waals surface area contributed by atoms with Crippen molar-refractivity contribution in [1.29, 1.82) is 0 Å². The van der Waals surface area contributed by atoms with Crippen molar-refractivity contribution in [2.24, 2.45) is 0 Å². The summed E-state index contributed by atoms with van der Waals surface area (Å²) in [6.07, 6.45) is 1.95. The topological polar surface area (TPSA) is 46.9 Å². The number of rotatable bonds is 8. The Hall–Kier alpha value is -3.54. The largest absolute Gasteiger partial charge is 0.350 e. The summed E-state index contributed by atoms with van der Waals surface area (Å²) in [4.78, 5) is 18.1. The quantitative estimate of drug-likeness (QED) is 0.395. The molecule has 0 radical (unpaired) electrons. The van der Waals surface area contributed by atoms with E-state index in [9.17, 15) is 13.6 Å². The van der Waals surface area contributed by atoms with Gasteiger partial charge in [-0.1, -0.05) is 49.7 Å². The molecule has 0 saturated carbocycles. The summed E-state index contributed by atoms with van der Waals surface area (Å²) in [7, 11) is 0. The minimum Gasteiger partial charge on any atom is -0.350 e. The highest BCUT2D eigenvalue weighted by molar-refractivity contribution is 5.84. The van der Waals surface area contributed by atoms with E-state index in [0.29, 0.717) is 19.4 Å². The Morgan fingerprint density at radius 3 is 2.22 bits per heavy atom. The molecule has 3 aromatic carbocycles. The molecule has 1 N–H and O–H groups in total. The number of aromatic nitrogens is 2. The summed E-state index contributed by atoms with van der Waals surface area (Å²) in [6.45, 7) is 2.36. The fourth-order valence-corrected chi connectivity index (χ4v) is 3.91. The molecule has 0 fully saturated rings. The second kappa shape index (κ2) is 9.73. The van der Waals surface area contributed by atoms with Crippen molar-refractivity contribution in [2.75, 3.05) is 0 Å². The number of benzene rings is 3. The number of nitrogens with one attached hydrogen (secondary N) is 1. The van der Waals surface area contributed by atoms with E-state index in [1.165, 1.54) is 24.3 Å². The maximum absolute atomic E-state index is 13.4. The van der Waals surface area contributed by atoms with Crippen molar-refractivity contribution in [3.63, 3.8) is 0 Å². The zero-order valence-electron chi connectivity index (χ0n) is 17.9. The fourth-order valence-electron chi connectivity index (χ4n) is 3.91. The van der Waals surface area contributed by atoms with E-state index in [-0.39, 0.29) is 17.5 Å². The molecule has 0 spiro atoms.